The number of hydrogen-bond donors (Lipinski definition) is 1. The summed E-state index contributed by atoms with van der Waals surface area (Å²) in [6.07, 6.45) is 2.97. The normalized spacial score (nSPS) is 11.1. The first-order valence-electron chi connectivity index (χ1n) is 8.46. The molecular formula is C21H28O2S. The lowest BCUT2D eigenvalue weighted by Gasteiger charge is -2.15. The lowest BCUT2D eigenvalue weighted by molar-refractivity contribution is 0.343. The van der Waals surface area contributed by atoms with Gasteiger partial charge in [-0.25, -0.2) is 0 Å². The van der Waals surface area contributed by atoms with Gasteiger partial charge in [-0.05, 0) is 78.5 Å². The molecule has 0 heterocycles. The van der Waals surface area contributed by atoms with E-state index >= 15 is 0 Å². The van der Waals surface area contributed by atoms with Crippen molar-refractivity contribution in [1.29, 1.82) is 0 Å². The Morgan fingerprint density at radius 1 is 1.08 bits per heavy atom. The highest BCUT2D eigenvalue weighted by Crippen LogP contribution is 2.29. The summed E-state index contributed by atoms with van der Waals surface area (Å²) in [5, 5.41) is 10.0. The molecule has 0 spiro atoms. The molecule has 1 N–H and O–H groups in total. The Morgan fingerprint density at radius 3 is 2.33 bits per heavy atom. The van der Waals surface area contributed by atoms with Crippen LogP contribution in [0, 0.1) is 13.8 Å². The second kappa shape index (κ2) is 8.48. The molecular weight excluding hydrogens is 316 g/mol. The molecule has 2 nitrogen and oxygen atoms in total. The van der Waals surface area contributed by atoms with Crippen LogP contribution in [0.15, 0.2) is 30.3 Å². The van der Waals surface area contributed by atoms with Gasteiger partial charge in [0.1, 0.15) is 11.5 Å². The van der Waals surface area contributed by atoms with Gasteiger partial charge in [-0.1, -0.05) is 26.0 Å². The number of hydrogen-bond acceptors (Lipinski definition) is 3. The zero-order valence-electron chi connectivity index (χ0n) is 15.3. The summed E-state index contributed by atoms with van der Waals surface area (Å²) < 4.78 is 5.83. The van der Waals surface area contributed by atoms with E-state index in [9.17, 15) is 5.11 Å². The standard InChI is InChI=1S/C21H28O2S/c1-14(2)19-12-17(6-7-21(19)22)13-20-15(3)10-18(11-16(20)4)23-8-9-24-5/h6-7,10-12,14,22H,8-9,13H2,1-5H3. The third-order valence-electron chi connectivity index (χ3n) is 4.32. The maximum absolute atomic E-state index is 10.0. The van der Waals surface area contributed by atoms with Gasteiger partial charge in [0.2, 0.25) is 0 Å². The van der Waals surface area contributed by atoms with Crippen molar-refractivity contribution < 1.29 is 9.84 Å². The van der Waals surface area contributed by atoms with Crippen LogP contribution < -0.4 is 4.74 Å². The minimum Gasteiger partial charge on any atom is -0.508 e. The highest BCUT2D eigenvalue weighted by atomic mass is 32.2. The fourth-order valence-electron chi connectivity index (χ4n) is 2.94. The number of rotatable bonds is 7. The Balaban J connectivity index is 2.22. The van der Waals surface area contributed by atoms with Crippen LogP contribution in [-0.4, -0.2) is 23.7 Å². The Bertz CT molecular complexity index is 669. The molecule has 0 saturated carbocycles. The van der Waals surface area contributed by atoms with Gasteiger partial charge >= 0.3 is 0 Å². The van der Waals surface area contributed by atoms with E-state index in [0.29, 0.717) is 11.7 Å². The smallest absolute Gasteiger partial charge is 0.119 e. The number of phenols is 1. The molecule has 0 bridgehead atoms. The predicted octanol–water partition coefficient (Wildman–Crippen LogP) is 5.47. The number of thioether (sulfide) groups is 1. The Morgan fingerprint density at radius 2 is 1.75 bits per heavy atom. The van der Waals surface area contributed by atoms with E-state index in [0.717, 1.165) is 30.1 Å². The summed E-state index contributed by atoms with van der Waals surface area (Å²) in [7, 11) is 0. The van der Waals surface area contributed by atoms with Crippen molar-refractivity contribution in [3.8, 4) is 11.5 Å². The molecule has 0 atom stereocenters. The van der Waals surface area contributed by atoms with Gasteiger partial charge in [0.05, 0.1) is 6.61 Å². The van der Waals surface area contributed by atoms with Crippen LogP contribution in [0.3, 0.4) is 0 Å². The average molecular weight is 345 g/mol. The number of aryl methyl sites for hydroxylation is 2. The number of ether oxygens (including phenoxy) is 1. The molecule has 0 aliphatic carbocycles. The van der Waals surface area contributed by atoms with Crippen LogP contribution >= 0.6 is 11.8 Å². The summed E-state index contributed by atoms with van der Waals surface area (Å²) in [5.41, 5.74) is 6.10. The first-order chi connectivity index (χ1) is 11.4. The number of aromatic hydroxyl groups is 1. The Kier molecular flexibility index (Phi) is 6.61. The molecule has 0 aromatic heterocycles. The van der Waals surface area contributed by atoms with Crippen LogP contribution in [0.2, 0.25) is 0 Å². The SMILES string of the molecule is CSCCOc1cc(C)c(Cc2ccc(O)c(C(C)C)c2)c(C)c1. The van der Waals surface area contributed by atoms with Crippen molar-refractivity contribution in [2.75, 3.05) is 18.6 Å². The lowest BCUT2D eigenvalue weighted by atomic mass is 9.93. The summed E-state index contributed by atoms with van der Waals surface area (Å²) in [5.74, 6) is 2.67. The summed E-state index contributed by atoms with van der Waals surface area (Å²) in [6, 6.07) is 10.2. The minimum absolute atomic E-state index is 0.319. The van der Waals surface area contributed by atoms with Crippen LogP contribution in [0.5, 0.6) is 11.5 Å². The van der Waals surface area contributed by atoms with Gasteiger partial charge in [0, 0.05) is 5.75 Å². The van der Waals surface area contributed by atoms with E-state index in [4.69, 9.17) is 4.74 Å². The second-order valence-electron chi connectivity index (χ2n) is 6.60. The average Bonchev–Trinajstić information content (AvgIpc) is 2.52. The lowest BCUT2D eigenvalue weighted by Crippen LogP contribution is -2.03. The fraction of sp³-hybridized carbons (Fsp3) is 0.429. The predicted molar refractivity (Wildman–Crippen MR) is 105 cm³/mol. The molecule has 0 amide bonds. The molecule has 130 valence electrons. The highest BCUT2D eigenvalue weighted by Gasteiger charge is 2.11. The maximum atomic E-state index is 10.0. The van der Waals surface area contributed by atoms with Gasteiger partial charge in [0.15, 0.2) is 0 Å². The molecule has 0 fully saturated rings. The first kappa shape index (κ1) is 18.7. The maximum Gasteiger partial charge on any atom is 0.119 e. The summed E-state index contributed by atoms with van der Waals surface area (Å²) in [6.45, 7) is 9.25. The van der Waals surface area contributed by atoms with E-state index in [1.165, 1.54) is 22.3 Å². The van der Waals surface area contributed by atoms with E-state index in [-0.39, 0.29) is 0 Å². The van der Waals surface area contributed by atoms with Gasteiger partial charge in [0.25, 0.3) is 0 Å². The molecule has 0 unspecified atom stereocenters. The van der Waals surface area contributed by atoms with E-state index in [2.05, 4.69) is 52.1 Å². The van der Waals surface area contributed by atoms with Gasteiger partial charge < -0.3 is 9.84 Å². The molecule has 3 heteroatoms. The highest BCUT2D eigenvalue weighted by molar-refractivity contribution is 7.98. The molecule has 0 saturated heterocycles. The molecule has 2 rings (SSSR count). The largest absolute Gasteiger partial charge is 0.508 e. The third kappa shape index (κ3) is 4.70. The van der Waals surface area contributed by atoms with E-state index in [1.807, 2.05) is 12.1 Å². The molecule has 0 aliphatic heterocycles. The van der Waals surface area contributed by atoms with E-state index in [1.54, 1.807) is 11.8 Å². The molecule has 2 aromatic rings. The van der Waals surface area contributed by atoms with Crippen molar-refractivity contribution in [2.45, 2.75) is 40.0 Å². The quantitative estimate of drug-likeness (QED) is 0.676. The monoisotopic (exact) mass is 344 g/mol. The van der Waals surface area contributed by atoms with E-state index < -0.39 is 0 Å². The first-order valence-corrected chi connectivity index (χ1v) is 9.85. The fourth-order valence-corrected chi connectivity index (χ4v) is 3.19. The Labute approximate surface area is 150 Å². The molecule has 0 radical (unpaired) electrons. The van der Waals surface area contributed by atoms with Crippen LogP contribution in [0.25, 0.3) is 0 Å². The summed E-state index contributed by atoms with van der Waals surface area (Å²) >= 11 is 1.79. The van der Waals surface area contributed by atoms with Crippen LogP contribution in [0.1, 0.15) is 47.6 Å². The topological polar surface area (TPSA) is 29.5 Å². The molecule has 2 aromatic carbocycles. The molecule has 0 aliphatic rings. The Hall–Kier alpha value is -1.61. The van der Waals surface area contributed by atoms with Crippen molar-refractivity contribution in [3.63, 3.8) is 0 Å². The second-order valence-corrected chi connectivity index (χ2v) is 7.59. The number of benzene rings is 2. The minimum atomic E-state index is 0.319. The van der Waals surface area contributed by atoms with Crippen molar-refractivity contribution >= 4 is 11.8 Å². The third-order valence-corrected chi connectivity index (χ3v) is 4.90. The molecule has 24 heavy (non-hydrogen) atoms. The van der Waals surface area contributed by atoms with Gasteiger partial charge in [-0.15, -0.1) is 0 Å². The van der Waals surface area contributed by atoms with Crippen LogP contribution in [-0.2, 0) is 6.42 Å². The zero-order chi connectivity index (χ0) is 17.7. The number of phenolic OH excluding ortho intramolecular Hbond substituents is 1. The van der Waals surface area contributed by atoms with Crippen molar-refractivity contribution in [2.24, 2.45) is 0 Å². The van der Waals surface area contributed by atoms with Gasteiger partial charge in [-0.3, -0.25) is 0 Å². The van der Waals surface area contributed by atoms with Gasteiger partial charge in [-0.2, -0.15) is 11.8 Å². The van der Waals surface area contributed by atoms with Crippen LogP contribution in [0.4, 0.5) is 0 Å². The summed E-state index contributed by atoms with van der Waals surface area (Å²) in [4.78, 5) is 0. The van der Waals surface area contributed by atoms with Crippen molar-refractivity contribution in [3.05, 3.63) is 58.1 Å². The zero-order valence-corrected chi connectivity index (χ0v) is 16.2. The van der Waals surface area contributed by atoms with Crippen molar-refractivity contribution in [1.82, 2.24) is 0 Å².